The first kappa shape index (κ1) is 15.5. The van der Waals surface area contributed by atoms with Gasteiger partial charge < -0.3 is 10.1 Å². The summed E-state index contributed by atoms with van der Waals surface area (Å²) in [5.74, 6) is 1.61. The summed E-state index contributed by atoms with van der Waals surface area (Å²) in [6.45, 7) is 8.39. The van der Waals surface area contributed by atoms with E-state index in [-0.39, 0.29) is 6.04 Å². The summed E-state index contributed by atoms with van der Waals surface area (Å²) in [7, 11) is 0. The molecule has 3 heteroatoms. The second kappa shape index (κ2) is 8.50. The molecule has 1 fully saturated rings. The van der Waals surface area contributed by atoms with Crippen LogP contribution >= 0.6 is 0 Å². The quantitative estimate of drug-likeness (QED) is 0.757. The third kappa shape index (κ3) is 5.37. The second-order valence-electron chi connectivity index (χ2n) is 5.68. The molecule has 0 aromatic heterocycles. The Morgan fingerprint density at radius 3 is 2.72 bits per heavy atom. The van der Waals surface area contributed by atoms with E-state index < -0.39 is 0 Å². The van der Waals surface area contributed by atoms with Crippen LogP contribution in [0.2, 0.25) is 0 Å². The molecular formula is C15H28N2O. The highest BCUT2D eigenvalue weighted by Crippen LogP contribution is 2.30. The molecule has 104 valence electrons. The lowest BCUT2D eigenvalue weighted by Crippen LogP contribution is -2.31. The maximum Gasteiger partial charge on any atom is 0.0975 e. The zero-order valence-electron chi connectivity index (χ0n) is 12.1. The van der Waals surface area contributed by atoms with Crippen LogP contribution in [-0.2, 0) is 4.74 Å². The number of hydrogen-bond acceptors (Lipinski definition) is 3. The van der Waals surface area contributed by atoms with Gasteiger partial charge in [0.1, 0.15) is 0 Å². The first-order valence-corrected chi connectivity index (χ1v) is 7.42. The summed E-state index contributed by atoms with van der Waals surface area (Å²) in [6.07, 6.45) is 5.93. The van der Waals surface area contributed by atoms with Gasteiger partial charge in [-0.05, 0) is 50.5 Å². The van der Waals surface area contributed by atoms with Crippen LogP contribution in [0, 0.1) is 23.2 Å². The van der Waals surface area contributed by atoms with E-state index in [1.54, 1.807) is 0 Å². The Labute approximate surface area is 112 Å². The van der Waals surface area contributed by atoms with Gasteiger partial charge in [-0.25, -0.2) is 0 Å². The highest BCUT2D eigenvalue weighted by atomic mass is 16.5. The molecule has 0 aliphatic heterocycles. The van der Waals surface area contributed by atoms with Crippen molar-refractivity contribution in [1.29, 1.82) is 5.26 Å². The van der Waals surface area contributed by atoms with Crippen LogP contribution in [-0.4, -0.2) is 25.3 Å². The van der Waals surface area contributed by atoms with Crippen LogP contribution in [0.25, 0.3) is 0 Å². The van der Waals surface area contributed by atoms with Crippen molar-refractivity contribution in [2.45, 2.75) is 65.0 Å². The molecule has 18 heavy (non-hydrogen) atoms. The summed E-state index contributed by atoms with van der Waals surface area (Å²) in [4.78, 5) is 0. The molecule has 0 amide bonds. The lowest BCUT2D eigenvalue weighted by Gasteiger charge is -2.32. The molecule has 0 heterocycles. The Morgan fingerprint density at radius 1 is 1.33 bits per heavy atom. The maximum absolute atomic E-state index is 9.00. The first-order valence-electron chi connectivity index (χ1n) is 7.42. The van der Waals surface area contributed by atoms with Crippen molar-refractivity contribution in [2.75, 3.05) is 13.2 Å². The van der Waals surface area contributed by atoms with E-state index in [9.17, 15) is 0 Å². The minimum atomic E-state index is -0.0510. The molecule has 4 unspecified atom stereocenters. The predicted molar refractivity (Wildman–Crippen MR) is 74.2 cm³/mol. The van der Waals surface area contributed by atoms with Gasteiger partial charge in [0.25, 0.3) is 0 Å². The normalized spacial score (nSPS) is 29.8. The summed E-state index contributed by atoms with van der Waals surface area (Å²) in [6, 6.07) is 2.25. The highest BCUT2D eigenvalue weighted by molar-refractivity contribution is 4.89. The minimum absolute atomic E-state index is 0.0510. The van der Waals surface area contributed by atoms with Gasteiger partial charge in [0, 0.05) is 6.61 Å². The molecule has 3 nitrogen and oxygen atoms in total. The standard InChI is InChI=1S/C15H28N2O/c1-4-8-17-14(11-16)7-9-18-15-6-5-12(2)13(3)10-15/h12-15,17H,4-10H2,1-3H3. The Bertz CT molecular complexity index is 262. The fourth-order valence-electron chi connectivity index (χ4n) is 2.53. The van der Waals surface area contributed by atoms with E-state index in [1.165, 1.54) is 19.3 Å². The molecule has 1 aliphatic carbocycles. The third-order valence-electron chi connectivity index (χ3n) is 4.11. The smallest absolute Gasteiger partial charge is 0.0975 e. The van der Waals surface area contributed by atoms with E-state index in [4.69, 9.17) is 10.00 Å². The minimum Gasteiger partial charge on any atom is -0.378 e. The average molecular weight is 252 g/mol. The number of hydrogen-bond donors (Lipinski definition) is 1. The van der Waals surface area contributed by atoms with Crippen LogP contribution in [0.3, 0.4) is 0 Å². The monoisotopic (exact) mass is 252 g/mol. The summed E-state index contributed by atoms with van der Waals surface area (Å²) in [5, 5.41) is 12.2. The molecule has 0 saturated heterocycles. The van der Waals surface area contributed by atoms with Crippen molar-refractivity contribution < 1.29 is 4.74 Å². The Balaban J connectivity index is 2.15. The Morgan fingerprint density at radius 2 is 2.11 bits per heavy atom. The van der Waals surface area contributed by atoms with Gasteiger partial charge in [0.15, 0.2) is 0 Å². The van der Waals surface area contributed by atoms with Gasteiger partial charge in [-0.3, -0.25) is 0 Å². The van der Waals surface area contributed by atoms with Crippen LogP contribution in [0.1, 0.15) is 52.9 Å². The van der Waals surface area contributed by atoms with Crippen molar-refractivity contribution in [3.63, 3.8) is 0 Å². The van der Waals surface area contributed by atoms with Gasteiger partial charge in [-0.1, -0.05) is 20.8 Å². The number of rotatable bonds is 7. The number of nitriles is 1. The molecule has 0 radical (unpaired) electrons. The maximum atomic E-state index is 9.00. The van der Waals surface area contributed by atoms with Crippen LogP contribution in [0.4, 0.5) is 0 Å². The molecule has 1 aliphatic rings. The summed E-state index contributed by atoms with van der Waals surface area (Å²) in [5.41, 5.74) is 0. The largest absolute Gasteiger partial charge is 0.378 e. The molecule has 0 spiro atoms. The summed E-state index contributed by atoms with van der Waals surface area (Å²) >= 11 is 0. The van der Waals surface area contributed by atoms with E-state index in [0.29, 0.717) is 12.7 Å². The van der Waals surface area contributed by atoms with Gasteiger partial charge in [-0.2, -0.15) is 5.26 Å². The third-order valence-corrected chi connectivity index (χ3v) is 4.11. The molecule has 1 N–H and O–H groups in total. The molecule has 0 aromatic rings. The number of ether oxygens (including phenoxy) is 1. The molecule has 0 bridgehead atoms. The van der Waals surface area contributed by atoms with E-state index >= 15 is 0 Å². The molecule has 4 atom stereocenters. The number of nitrogens with one attached hydrogen (secondary N) is 1. The lowest BCUT2D eigenvalue weighted by atomic mass is 9.80. The van der Waals surface area contributed by atoms with Crippen LogP contribution in [0.15, 0.2) is 0 Å². The van der Waals surface area contributed by atoms with Gasteiger partial charge in [-0.15, -0.1) is 0 Å². The topological polar surface area (TPSA) is 45.0 Å². The van der Waals surface area contributed by atoms with Crippen molar-refractivity contribution in [1.82, 2.24) is 5.32 Å². The molecular weight excluding hydrogens is 224 g/mol. The zero-order valence-corrected chi connectivity index (χ0v) is 12.1. The summed E-state index contributed by atoms with van der Waals surface area (Å²) < 4.78 is 5.92. The number of nitrogens with zero attached hydrogens (tertiary/aromatic N) is 1. The van der Waals surface area contributed by atoms with Crippen molar-refractivity contribution in [3.05, 3.63) is 0 Å². The average Bonchev–Trinajstić information content (AvgIpc) is 2.37. The van der Waals surface area contributed by atoms with Gasteiger partial charge in [0.05, 0.1) is 18.2 Å². The van der Waals surface area contributed by atoms with Crippen LogP contribution in [0.5, 0.6) is 0 Å². The zero-order chi connectivity index (χ0) is 13.4. The fraction of sp³-hybridized carbons (Fsp3) is 0.933. The second-order valence-corrected chi connectivity index (χ2v) is 5.68. The fourth-order valence-corrected chi connectivity index (χ4v) is 2.53. The molecule has 1 rings (SSSR count). The van der Waals surface area contributed by atoms with E-state index in [2.05, 4.69) is 32.2 Å². The van der Waals surface area contributed by atoms with Crippen molar-refractivity contribution in [2.24, 2.45) is 11.8 Å². The Hall–Kier alpha value is -0.590. The SMILES string of the molecule is CCCNC(C#N)CCOC1CCC(C)C(C)C1. The highest BCUT2D eigenvalue weighted by Gasteiger charge is 2.24. The van der Waals surface area contributed by atoms with E-state index in [1.807, 2.05) is 0 Å². The molecule has 0 aromatic carbocycles. The van der Waals surface area contributed by atoms with Crippen LogP contribution < -0.4 is 5.32 Å². The van der Waals surface area contributed by atoms with Crippen molar-refractivity contribution in [3.8, 4) is 6.07 Å². The lowest BCUT2D eigenvalue weighted by molar-refractivity contribution is 0.000304. The predicted octanol–water partition coefficient (Wildman–Crippen LogP) is 3.11. The Kier molecular flexibility index (Phi) is 7.31. The first-order chi connectivity index (χ1) is 8.67. The van der Waals surface area contributed by atoms with E-state index in [0.717, 1.165) is 31.2 Å². The van der Waals surface area contributed by atoms with Crippen molar-refractivity contribution >= 4 is 0 Å². The van der Waals surface area contributed by atoms with Gasteiger partial charge in [0.2, 0.25) is 0 Å². The van der Waals surface area contributed by atoms with Gasteiger partial charge >= 0.3 is 0 Å². The molecule has 1 saturated carbocycles.